The number of rotatable bonds is 4. The van der Waals surface area contributed by atoms with E-state index >= 15 is 0 Å². The Morgan fingerprint density at radius 2 is 1.96 bits per heavy atom. The number of aromatic amines is 1. The first-order valence-electron chi connectivity index (χ1n) is 8.12. The van der Waals surface area contributed by atoms with E-state index in [9.17, 15) is 22.8 Å². The fourth-order valence-electron chi connectivity index (χ4n) is 3.07. The number of H-pyrrole nitrogens is 1. The van der Waals surface area contributed by atoms with Crippen molar-refractivity contribution in [2.24, 2.45) is 0 Å². The van der Waals surface area contributed by atoms with Gasteiger partial charge in [-0.1, -0.05) is 0 Å². The molecule has 0 saturated heterocycles. The van der Waals surface area contributed by atoms with E-state index in [1.807, 2.05) is 0 Å². The van der Waals surface area contributed by atoms with E-state index in [1.54, 1.807) is 24.3 Å². The van der Waals surface area contributed by atoms with Crippen LogP contribution in [0.1, 0.15) is 30.2 Å². The highest BCUT2D eigenvalue weighted by atomic mass is 19.4. The summed E-state index contributed by atoms with van der Waals surface area (Å²) in [5, 5.41) is 0. The van der Waals surface area contributed by atoms with E-state index < -0.39 is 17.3 Å². The van der Waals surface area contributed by atoms with E-state index in [0.29, 0.717) is 23.1 Å². The van der Waals surface area contributed by atoms with Gasteiger partial charge in [0.05, 0.1) is 29.6 Å². The molecule has 138 valence electrons. The molecule has 1 aromatic carbocycles. The fourth-order valence-corrected chi connectivity index (χ4v) is 3.07. The molecule has 0 aliphatic rings. The Morgan fingerprint density at radius 3 is 2.62 bits per heavy atom. The van der Waals surface area contributed by atoms with Crippen molar-refractivity contribution in [2.45, 2.75) is 32.9 Å². The van der Waals surface area contributed by atoms with E-state index in [2.05, 4.69) is 4.98 Å². The molecule has 0 fully saturated rings. The summed E-state index contributed by atoms with van der Waals surface area (Å²) in [5.41, 5.74) is 1.02. The van der Waals surface area contributed by atoms with Crippen molar-refractivity contribution in [3.8, 4) is 0 Å². The van der Waals surface area contributed by atoms with Crippen LogP contribution in [0.5, 0.6) is 0 Å². The lowest BCUT2D eigenvalue weighted by molar-refractivity contribution is -0.143. The van der Waals surface area contributed by atoms with Crippen molar-refractivity contribution in [3.05, 3.63) is 51.4 Å². The van der Waals surface area contributed by atoms with Gasteiger partial charge >= 0.3 is 12.1 Å². The number of aryl methyl sites for hydroxylation is 2. The zero-order valence-electron chi connectivity index (χ0n) is 14.2. The maximum Gasteiger partial charge on any atom is 0.416 e. The van der Waals surface area contributed by atoms with Crippen molar-refractivity contribution in [2.75, 3.05) is 6.61 Å². The summed E-state index contributed by atoms with van der Waals surface area (Å²) in [6.45, 7) is 3.78. The van der Waals surface area contributed by atoms with Gasteiger partial charge in [-0.25, -0.2) is 0 Å². The van der Waals surface area contributed by atoms with Gasteiger partial charge in [0.1, 0.15) is 5.52 Å². The second-order valence-electron chi connectivity index (χ2n) is 5.98. The standard InChI is InChI=1S/C18H17F3N2O3/c1-3-26-16(24)7-6-13-10(2)8-15-17(25)22-12-9-11(18(19,20)21)4-5-14(12)23(13)15/h4-5,8-9H,3,6-7H2,1-2H3,(H,22,25). The summed E-state index contributed by atoms with van der Waals surface area (Å²) in [6.07, 6.45) is -4.06. The minimum absolute atomic E-state index is 0.0882. The zero-order chi connectivity index (χ0) is 19.1. The van der Waals surface area contributed by atoms with Gasteiger partial charge in [0.25, 0.3) is 5.56 Å². The fraction of sp³-hybridized carbons (Fsp3) is 0.333. The smallest absolute Gasteiger partial charge is 0.416 e. The molecule has 0 aliphatic heterocycles. The Labute approximate surface area is 146 Å². The topological polar surface area (TPSA) is 63.6 Å². The lowest BCUT2D eigenvalue weighted by Crippen LogP contribution is -2.13. The summed E-state index contributed by atoms with van der Waals surface area (Å²) in [4.78, 5) is 26.5. The predicted molar refractivity (Wildman–Crippen MR) is 90.2 cm³/mol. The number of esters is 1. The number of fused-ring (bicyclic) bond motifs is 3. The SMILES string of the molecule is CCOC(=O)CCc1c(C)cc2c(=O)[nH]c3cc(C(F)(F)F)ccc3n12. The molecule has 0 bridgehead atoms. The number of ether oxygens (including phenoxy) is 1. The van der Waals surface area contributed by atoms with Crippen LogP contribution >= 0.6 is 0 Å². The van der Waals surface area contributed by atoms with Gasteiger partial charge in [-0.15, -0.1) is 0 Å². The van der Waals surface area contributed by atoms with Gasteiger partial charge in [0, 0.05) is 5.69 Å². The Morgan fingerprint density at radius 1 is 1.23 bits per heavy atom. The molecule has 2 aromatic heterocycles. The number of hydrogen-bond acceptors (Lipinski definition) is 3. The number of hydrogen-bond donors (Lipinski definition) is 1. The Balaban J connectivity index is 2.18. The number of nitrogens with one attached hydrogen (secondary N) is 1. The van der Waals surface area contributed by atoms with E-state index in [0.717, 1.165) is 17.7 Å². The summed E-state index contributed by atoms with van der Waals surface area (Å²) < 4.78 is 45.4. The van der Waals surface area contributed by atoms with Gasteiger partial charge in [0.2, 0.25) is 0 Å². The molecule has 0 unspecified atom stereocenters. The molecule has 8 heteroatoms. The first-order valence-corrected chi connectivity index (χ1v) is 8.12. The van der Waals surface area contributed by atoms with Crippen molar-refractivity contribution in [1.29, 1.82) is 0 Å². The molecule has 1 N–H and O–H groups in total. The number of carbonyl (C=O) groups excluding carboxylic acids is 1. The van der Waals surface area contributed by atoms with Crippen LogP contribution in [0.4, 0.5) is 13.2 Å². The molecule has 3 rings (SSSR count). The number of carbonyl (C=O) groups is 1. The van der Waals surface area contributed by atoms with Gasteiger partial charge in [-0.3, -0.25) is 9.59 Å². The van der Waals surface area contributed by atoms with Gasteiger partial charge in [0.15, 0.2) is 0 Å². The Kier molecular flexibility index (Phi) is 4.52. The minimum Gasteiger partial charge on any atom is -0.466 e. The second kappa shape index (κ2) is 6.51. The maximum absolute atomic E-state index is 12.9. The van der Waals surface area contributed by atoms with Crippen LogP contribution in [-0.4, -0.2) is 22.0 Å². The van der Waals surface area contributed by atoms with E-state index in [1.165, 1.54) is 6.07 Å². The molecule has 0 amide bonds. The van der Waals surface area contributed by atoms with Crippen LogP contribution in [0.2, 0.25) is 0 Å². The number of halogens is 3. The molecule has 0 aliphatic carbocycles. The third-order valence-corrected chi connectivity index (χ3v) is 4.24. The molecular formula is C18H17F3N2O3. The van der Waals surface area contributed by atoms with Gasteiger partial charge < -0.3 is 14.1 Å². The molecule has 0 atom stereocenters. The molecule has 3 aromatic rings. The number of benzene rings is 1. The highest BCUT2D eigenvalue weighted by molar-refractivity contribution is 5.80. The minimum atomic E-state index is -4.50. The molecule has 0 spiro atoms. The monoisotopic (exact) mass is 366 g/mol. The highest BCUT2D eigenvalue weighted by Crippen LogP contribution is 2.31. The third kappa shape index (κ3) is 3.18. The summed E-state index contributed by atoms with van der Waals surface area (Å²) in [5.74, 6) is -0.365. The predicted octanol–water partition coefficient (Wildman–Crippen LogP) is 3.60. The van der Waals surface area contributed by atoms with E-state index in [4.69, 9.17) is 4.74 Å². The molecule has 5 nitrogen and oxygen atoms in total. The number of nitrogens with zero attached hydrogens (tertiary/aromatic N) is 1. The Hall–Kier alpha value is -2.77. The first-order chi connectivity index (χ1) is 12.2. The lowest BCUT2D eigenvalue weighted by atomic mass is 10.1. The van der Waals surface area contributed by atoms with Crippen LogP contribution in [0.3, 0.4) is 0 Å². The normalized spacial score (nSPS) is 12.0. The van der Waals surface area contributed by atoms with Crippen LogP contribution in [-0.2, 0) is 22.1 Å². The van der Waals surface area contributed by atoms with Crippen LogP contribution in [0, 0.1) is 6.92 Å². The molecular weight excluding hydrogens is 349 g/mol. The summed E-state index contributed by atoms with van der Waals surface area (Å²) >= 11 is 0. The average molecular weight is 366 g/mol. The molecule has 0 radical (unpaired) electrons. The first kappa shape index (κ1) is 18.0. The van der Waals surface area contributed by atoms with Crippen molar-refractivity contribution in [3.63, 3.8) is 0 Å². The van der Waals surface area contributed by atoms with Crippen LogP contribution in [0.15, 0.2) is 29.1 Å². The van der Waals surface area contributed by atoms with Crippen LogP contribution in [0.25, 0.3) is 16.6 Å². The Bertz CT molecular complexity index is 1050. The molecule has 0 saturated carbocycles. The summed E-state index contributed by atoms with van der Waals surface area (Å²) in [7, 11) is 0. The molecule has 2 heterocycles. The van der Waals surface area contributed by atoms with Crippen molar-refractivity contribution < 1.29 is 22.7 Å². The maximum atomic E-state index is 12.9. The van der Waals surface area contributed by atoms with Crippen LogP contribution < -0.4 is 5.56 Å². The number of aromatic nitrogens is 2. The second-order valence-corrected chi connectivity index (χ2v) is 5.98. The zero-order valence-corrected chi connectivity index (χ0v) is 14.2. The summed E-state index contributed by atoms with van der Waals surface area (Å²) in [6, 6.07) is 4.88. The van der Waals surface area contributed by atoms with Gasteiger partial charge in [-0.2, -0.15) is 13.2 Å². The van der Waals surface area contributed by atoms with E-state index in [-0.39, 0.29) is 24.5 Å². The highest BCUT2D eigenvalue weighted by Gasteiger charge is 2.30. The van der Waals surface area contributed by atoms with Crippen molar-refractivity contribution in [1.82, 2.24) is 9.38 Å². The largest absolute Gasteiger partial charge is 0.466 e. The quantitative estimate of drug-likeness (QED) is 0.718. The third-order valence-electron chi connectivity index (χ3n) is 4.24. The average Bonchev–Trinajstić information content (AvgIpc) is 2.89. The number of alkyl halides is 3. The van der Waals surface area contributed by atoms with Crippen molar-refractivity contribution >= 4 is 22.5 Å². The lowest BCUT2D eigenvalue weighted by Gasteiger charge is -2.11. The molecule has 26 heavy (non-hydrogen) atoms. The van der Waals surface area contributed by atoms with Gasteiger partial charge in [-0.05, 0) is 50.1 Å².